The molecule has 6 aromatic rings. The largest absolute Gasteiger partial charge is 0.456 e. The highest BCUT2D eigenvalue weighted by molar-refractivity contribution is 7.93. The molecule has 19 nitrogen and oxygen atoms in total. The Morgan fingerprint density at radius 1 is 0.671 bits per heavy atom. The number of hydrogen-bond acceptors (Lipinski definition) is 14. The van der Waals surface area contributed by atoms with Crippen molar-refractivity contribution < 1.29 is 50.1 Å². The van der Waals surface area contributed by atoms with Crippen LogP contribution in [0.5, 0.6) is 0 Å². The smallest absolute Gasteiger partial charge is 0.303 e. The summed E-state index contributed by atoms with van der Waals surface area (Å²) in [5, 5.41) is 2.56. The molecule has 73 heavy (non-hydrogen) atoms. The highest BCUT2D eigenvalue weighted by atomic mass is 32.2. The predicted octanol–water partition coefficient (Wildman–Crippen LogP) is 7.42. The molecular weight excluding hydrogens is 977 g/mol. The van der Waals surface area contributed by atoms with Gasteiger partial charge < -0.3 is 43.9 Å². The Labute approximate surface area is 428 Å². The van der Waals surface area contributed by atoms with Crippen molar-refractivity contribution in [3.05, 3.63) is 96.6 Å². The van der Waals surface area contributed by atoms with Crippen LogP contribution in [-0.4, -0.2) is 109 Å². The number of nitrogens with two attached hydrogens (primary N) is 1. The minimum absolute atomic E-state index is 0.0549. The molecule has 0 bridgehead atoms. The van der Waals surface area contributed by atoms with Crippen LogP contribution in [0.4, 0.5) is 22.7 Å². The van der Waals surface area contributed by atoms with Crippen molar-refractivity contribution in [3.63, 3.8) is 0 Å². The van der Waals surface area contributed by atoms with Crippen molar-refractivity contribution in [2.24, 2.45) is 11.8 Å². The molecule has 2 aliphatic heterocycles. The zero-order valence-corrected chi connectivity index (χ0v) is 44.7. The lowest BCUT2D eigenvalue weighted by Crippen LogP contribution is -2.28. The number of carbonyl (C=O) groups excluding carboxylic acids is 2. The van der Waals surface area contributed by atoms with E-state index in [1.165, 1.54) is 59.0 Å². The van der Waals surface area contributed by atoms with Gasteiger partial charge >= 0.3 is 5.97 Å². The Balaban J connectivity index is 0.000000218. The van der Waals surface area contributed by atoms with Crippen molar-refractivity contribution in [2.45, 2.75) is 94.4 Å². The van der Waals surface area contributed by atoms with Crippen molar-refractivity contribution in [1.82, 2.24) is 19.1 Å². The van der Waals surface area contributed by atoms with E-state index < -0.39 is 49.7 Å². The number of nitrogen functional groups attached to an aromatic ring is 1. The summed E-state index contributed by atoms with van der Waals surface area (Å²) in [6, 6.07) is 23.0. The fourth-order valence-corrected chi connectivity index (χ4v) is 11.2. The molecule has 2 saturated heterocycles. The fourth-order valence-electron chi connectivity index (χ4n) is 8.78. The summed E-state index contributed by atoms with van der Waals surface area (Å²) in [5.74, 6) is 1.47. The van der Waals surface area contributed by atoms with Crippen molar-refractivity contribution in [2.75, 3.05) is 81.0 Å². The van der Waals surface area contributed by atoms with Crippen LogP contribution in [0.3, 0.4) is 0 Å². The number of imidazole rings is 2. The molecule has 0 radical (unpaired) electrons. The Kier molecular flexibility index (Phi) is 16.9. The molecule has 4 aromatic carbocycles. The molecule has 0 aliphatic carbocycles. The van der Waals surface area contributed by atoms with Gasteiger partial charge in [-0.25, -0.2) is 26.8 Å². The summed E-state index contributed by atoms with van der Waals surface area (Å²) in [6.45, 7) is 13.3. The average Bonchev–Trinajstić information content (AvgIpc) is 3.94. The van der Waals surface area contributed by atoms with E-state index in [0.717, 1.165) is 93.4 Å². The summed E-state index contributed by atoms with van der Waals surface area (Å²) in [7, 11) is -1.27. The van der Waals surface area contributed by atoms with Gasteiger partial charge in [-0.3, -0.25) is 18.2 Å². The number of anilines is 4. The van der Waals surface area contributed by atoms with Crippen LogP contribution in [0, 0.1) is 11.8 Å². The summed E-state index contributed by atoms with van der Waals surface area (Å²) >= 11 is 0. The zero-order chi connectivity index (χ0) is 52.9. The maximum atomic E-state index is 13.4. The number of nitrogens with zero attached hydrogens (tertiary/aromatic N) is 6. The van der Waals surface area contributed by atoms with E-state index in [-0.39, 0.29) is 9.79 Å². The Morgan fingerprint density at radius 2 is 1.07 bits per heavy atom. The third-order valence-corrected chi connectivity index (χ3v) is 17.2. The highest BCUT2D eigenvalue weighted by Crippen LogP contribution is 2.35. The lowest BCUT2D eigenvalue weighted by molar-refractivity contribution is -0.144. The topological polar surface area (TPSA) is 229 Å². The average molecular weight is 1050 g/mol. The van der Waals surface area contributed by atoms with Gasteiger partial charge in [-0.15, -0.1) is 0 Å². The Morgan fingerprint density at radius 3 is 1.45 bits per heavy atom. The number of carbonyl (C=O) groups is 2. The minimum atomic E-state index is -3.91. The first-order valence-electron chi connectivity index (χ1n) is 24.2. The number of nitrogens with one attached hydrogen (secondary N) is 1. The summed E-state index contributed by atoms with van der Waals surface area (Å²) in [5.41, 5.74) is 9.66. The van der Waals surface area contributed by atoms with Crippen LogP contribution in [0.2, 0.25) is 0 Å². The van der Waals surface area contributed by atoms with Gasteiger partial charge in [-0.1, -0.05) is 0 Å². The third kappa shape index (κ3) is 12.5. The third-order valence-electron chi connectivity index (χ3n) is 13.6. The van der Waals surface area contributed by atoms with Crippen LogP contribution < -0.4 is 19.7 Å². The molecule has 394 valence electrons. The molecule has 2 fully saturated rings. The first-order valence-corrected chi connectivity index (χ1v) is 27.1. The molecule has 0 unspecified atom stereocenters. The van der Waals surface area contributed by atoms with E-state index in [9.17, 15) is 26.4 Å². The summed E-state index contributed by atoms with van der Waals surface area (Å²) in [4.78, 5) is 32.8. The van der Waals surface area contributed by atoms with Gasteiger partial charge in [0.25, 0.3) is 26.0 Å². The summed E-state index contributed by atoms with van der Waals surface area (Å²) in [6.07, 6.45) is 3.96. The molecule has 2 aromatic heterocycles. The second-order valence-corrected chi connectivity index (χ2v) is 23.3. The molecule has 4 heterocycles. The van der Waals surface area contributed by atoms with E-state index in [4.69, 9.17) is 34.6 Å². The van der Waals surface area contributed by atoms with E-state index in [1.807, 2.05) is 52.0 Å². The van der Waals surface area contributed by atoms with E-state index in [1.54, 1.807) is 45.5 Å². The number of aromatic nitrogens is 4. The predicted molar refractivity (Wildman–Crippen MR) is 280 cm³/mol. The number of ether oxygens (including phenoxy) is 5. The van der Waals surface area contributed by atoms with E-state index in [2.05, 4.69) is 19.2 Å². The molecule has 8 rings (SSSR count). The Hall–Kier alpha value is -6.10. The quantitative estimate of drug-likeness (QED) is 0.0669. The van der Waals surface area contributed by atoms with Crippen LogP contribution in [0.15, 0.2) is 94.7 Å². The molecule has 21 heteroatoms. The normalized spacial score (nSPS) is 15.2. The fraction of sp³-hybridized carbons (Fsp3) is 0.462. The molecule has 0 saturated carbocycles. The standard InChI is InChI=1S/C28H36N4O7S.C24H32N4O4S/c1-19(33)39-18-26(34)29-21-6-9-23(10-7-21)40(35,36)31(4)22-8-11-25-24(16-22)30-27(28(2,3)37-5)32(25)17-20-12-14-38-15-13-20;1-24(2,31-4)23-26-21-15-19(27(3)33(29,30)20-8-5-18(25)6-9-20)7-10-22(21)28(23)16-17-11-13-32-14-12-17/h6-11,16,20H,12-15,17-18H2,1-5H3,(H,29,34);5-10,15,17H,11-14,16,25H2,1-4H3. The number of amides is 1. The molecule has 0 spiro atoms. The van der Waals surface area contributed by atoms with Gasteiger partial charge in [0.15, 0.2) is 6.61 Å². The van der Waals surface area contributed by atoms with Crippen molar-refractivity contribution >= 4 is 76.7 Å². The highest BCUT2D eigenvalue weighted by Gasteiger charge is 2.32. The molecular formula is C52H68N8O11S2. The van der Waals surface area contributed by atoms with Crippen LogP contribution in [-0.2, 0) is 77.6 Å². The number of methoxy groups -OCH3 is 2. The number of benzene rings is 4. The van der Waals surface area contributed by atoms with Crippen LogP contribution in [0.25, 0.3) is 22.1 Å². The molecule has 3 N–H and O–H groups in total. The van der Waals surface area contributed by atoms with Crippen molar-refractivity contribution in [3.8, 4) is 0 Å². The molecule has 1 amide bonds. The first-order chi connectivity index (χ1) is 34.5. The molecule has 2 aliphatic rings. The van der Waals surface area contributed by atoms with Gasteiger partial charge in [0, 0.05) is 86.1 Å². The number of rotatable bonds is 17. The maximum absolute atomic E-state index is 13.4. The summed E-state index contributed by atoms with van der Waals surface area (Å²) < 4.78 is 87.3. The Bertz CT molecular complexity index is 3130. The maximum Gasteiger partial charge on any atom is 0.303 e. The number of esters is 1. The lowest BCUT2D eigenvalue weighted by Gasteiger charge is -2.27. The van der Waals surface area contributed by atoms with Crippen LogP contribution >= 0.6 is 0 Å². The lowest BCUT2D eigenvalue weighted by atomic mass is 9.99. The zero-order valence-electron chi connectivity index (χ0n) is 43.1. The SMILES string of the molecule is COC(C)(C)c1nc2cc(N(C)S(=O)(=O)c3ccc(N)cc3)ccc2n1CC1CCOCC1.COC(C)(C)c1nc2cc(N(C)S(=O)(=O)c3ccc(NC(=O)COC(C)=O)cc3)ccc2n1CC1CCOCC1. The monoisotopic (exact) mass is 1040 g/mol. The number of hydrogen-bond donors (Lipinski definition) is 2. The molecule has 0 atom stereocenters. The minimum Gasteiger partial charge on any atom is -0.456 e. The van der Waals surface area contributed by atoms with Gasteiger partial charge in [-0.05, 0) is 150 Å². The number of fused-ring (bicyclic) bond motifs is 2. The van der Waals surface area contributed by atoms with Gasteiger partial charge in [0.1, 0.15) is 22.9 Å². The van der Waals surface area contributed by atoms with E-state index >= 15 is 0 Å². The van der Waals surface area contributed by atoms with Gasteiger partial charge in [0.2, 0.25) is 0 Å². The van der Waals surface area contributed by atoms with E-state index in [0.29, 0.717) is 40.1 Å². The van der Waals surface area contributed by atoms with Crippen molar-refractivity contribution in [1.29, 1.82) is 0 Å². The van der Waals surface area contributed by atoms with Gasteiger partial charge in [0.05, 0.1) is 43.2 Å². The number of sulfonamides is 2. The second kappa shape index (κ2) is 22.6. The second-order valence-electron chi connectivity index (χ2n) is 19.3. The van der Waals surface area contributed by atoms with Gasteiger partial charge in [-0.2, -0.15) is 0 Å². The first kappa shape index (κ1) is 54.7. The van der Waals surface area contributed by atoms with Crippen LogP contribution in [0.1, 0.15) is 72.0 Å².